The van der Waals surface area contributed by atoms with E-state index in [0.717, 1.165) is 53.1 Å². The van der Waals surface area contributed by atoms with E-state index in [-0.39, 0.29) is 29.8 Å². The van der Waals surface area contributed by atoms with Gasteiger partial charge in [0, 0.05) is 19.0 Å². The summed E-state index contributed by atoms with van der Waals surface area (Å²) >= 11 is 0. The number of carbonyl (C=O) groups excluding carboxylic acids is 2. The van der Waals surface area contributed by atoms with Gasteiger partial charge in [-0.2, -0.15) is 0 Å². The van der Waals surface area contributed by atoms with Crippen molar-refractivity contribution in [2.75, 3.05) is 10.8 Å². The lowest BCUT2D eigenvalue weighted by Gasteiger charge is -2.35. The predicted octanol–water partition coefficient (Wildman–Crippen LogP) is 6.73. The third-order valence-corrected chi connectivity index (χ3v) is 10.5. The van der Waals surface area contributed by atoms with Gasteiger partial charge in [0.15, 0.2) is 0 Å². The van der Waals surface area contributed by atoms with Crippen LogP contribution in [-0.2, 0) is 32.6 Å². The molecule has 9 heteroatoms. The number of sulfonamides is 1. The summed E-state index contributed by atoms with van der Waals surface area (Å²) in [6, 6.07) is 27.7. The Bertz CT molecular complexity index is 1740. The van der Waals surface area contributed by atoms with Crippen molar-refractivity contribution in [2.45, 2.75) is 75.9 Å². The van der Waals surface area contributed by atoms with Crippen molar-refractivity contribution in [3.63, 3.8) is 0 Å². The largest absolute Gasteiger partial charge is 0.352 e. The van der Waals surface area contributed by atoms with Crippen LogP contribution in [0.4, 0.5) is 10.1 Å². The molecule has 246 valence electrons. The number of rotatable bonds is 12. The Balaban J connectivity index is 1.55. The molecule has 1 saturated carbocycles. The third-order valence-electron chi connectivity index (χ3n) is 8.70. The lowest BCUT2D eigenvalue weighted by molar-refractivity contribution is -0.140. The minimum atomic E-state index is -4.18. The number of hydrogen-bond donors (Lipinski definition) is 1. The van der Waals surface area contributed by atoms with E-state index in [0.29, 0.717) is 11.3 Å². The highest BCUT2D eigenvalue weighted by Gasteiger charge is 2.35. The molecule has 4 aromatic carbocycles. The molecular weight excluding hydrogens is 614 g/mol. The van der Waals surface area contributed by atoms with E-state index < -0.39 is 34.3 Å². The minimum Gasteiger partial charge on any atom is -0.352 e. The van der Waals surface area contributed by atoms with Crippen LogP contribution in [0.3, 0.4) is 0 Å². The molecule has 2 amide bonds. The summed E-state index contributed by atoms with van der Waals surface area (Å²) in [5.74, 6) is -1.26. The standard InChI is InChI=1S/C38H42FN3O4S/c1-28-13-21-34(22-14-28)42(47(45,46)35-23-15-29(2)16-24-35)27-37(43)41(26-31-17-19-32(39)20-18-31)36(25-30-9-5-3-6-10-30)38(44)40-33-11-7-4-8-12-33/h3,5-6,9-10,13-24,33,36H,4,7-8,11-12,25-27H2,1-2H3,(H,40,44)/t36-/m1/s1. The molecule has 0 aliphatic heterocycles. The first-order chi connectivity index (χ1) is 22.6. The second-order valence-corrected chi connectivity index (χ2v) is 14.2. The van der Waals surface area contributed by atoms with Crippen LogP contribution in [0.15, 0.2) is 108 Å². The second kappa shape index (κ2) is 15.4. The van der Waals surface area contributed by atoms with Crippen molar-refractivity contribution >= 4 is 27.5 Å². The topological polar surface area (TPSA) is 86.8 Å². The van der Waals surface area contributed by atoms with Gasteiger partial charge in [0.2, 0.25) is 11.8 Å². The van der Waals surface area contributed by atoms with Crippen molar-refractivity contribution in [1.29, 1.82) is 0 Å². The third kappa shape index (κ3) is 8.86. The average Bonchev–Trinajstić information content (AvgIpc) is 3.07. The Hall–Kier alpha value is -4.50. The molecule has 0 unspecified atom stereocenters. The molecule has 0 bridgehead atoms. The Kier molecular flexibility index (Phi) is 11.1. The Morgan fingerprint density at radius 1 is 0.787 bits per heavy atom. The average molecular weight is 656 g/mol. The van der Waals surface area contributed by atoms with E-state index in [4.69, 9.17) is 0 Å². The number of nitrogens with zero attached hydrogens (tertiary/aromatic N) is 2. The maximum absolute atomic E-state index is 14.6. The molecule has 1 aliphatic rings. The molecule has 5 rings (SSSR count). The quantitative estimate of drug-likeness (QED) is 0.184. The normalized spacial score (nSPS) is 14.3. The summed E-state index contributed by atoms with van der Waals surface area (Å²) in [6.07, 6.45) is 5.13. The zero-order valence-corrected chi connectivity index (χ0v) is 27.8. The van der Waals surface area contributed by atoms with Crippen LogP contribution in [0.25, 0.3) is 0 Å². The number of benzene rings is 4. The first kappa shape index (κ1) is 33.9. The SMILES string of the molecule is Cc1ccc(N(CC(=O)N(Cc2ccc(F)cc2)[C@H](Cc2ccccc2)C(=O)NC2CCCCC2)S(=O)(=O)c2ccc(C)cc2)cc1. The van der Waals surface area contributed by atoms with Crippen LogP contribution in [-0.4, -0.2) is 43.8 Å². The summed E-state index contributed by atoms with van der Waals surface area (Å²) in [5, 5.41) is 3.20. The molecule has 1 N–H and O–H groups in total. The summed E-state index contributed by atoms with van der Waals surface area (Å²) in [6.45, 7) is 3.22. The van der Waals surface area contributed by atoms with Crippen molar-refractivity contribution < 1.29 is 22.4 Å². The number of halogens is 1. The fourth-order valence-corrected chi connectivity index (χ4v) is 7.38. The van der Waals surface area contributed by atoms with E-state index in [2.05, 4.69) is 5.32 Å². The monoisotopic (exact) mass is 655 g/mol. The van der Waals surface area contributed by atoms with E-state index in [1.807, 2.05) is 44.2 Å². The number of anilines is 1. The fourth-order valence-electron chi connectivity index (χ4n) is 5.96. The van der Waals surface area contributed by atoms with Crippen molar-refractivity contribution in [3.05, 3.63) is 131 Å². The first-order valence-electron chi connectivity index (χ1n) is 16.1. The first-order valence-corrected chi connectivity index (χ1v) is 17.6. The van der Waals surface area contributed by atoms with E-state index >= 15 is 0 Å². The van der Waals surface area contributed by atoms with Gasteiger partial charge in [0.05, 0.1) is 10.6 Å². The Morgan fingerprint density at radius 2 is 1.38 bits per heavy atom. The predicted molar refractivity (Wildman–Crippen MR) is 183 cm³/mol. The maximum atomic E-state index is 14.6. The molecule has 4 aromatic rings. The Morgan fingerprint density at radius 3 is 2.00 bits per heavy atom. The molecule has 0 radical (unpaired) electrons. The molecule has 0 spiro atoms. The van der Waals surface area contributed by atoms with Gasteiger partial charge >= 0.3 is 0 Å². The highest BCUT2D eigenvalue weighted by atomic mass is 32.2. The fraction of sp³-hybridized carbons (Fsp3) is 0.316. The molecular formula is C38H42FN3O4S. The van der Waals surface area contributed by atoms with Crippen LogP contribution in [0.1, 0.15) is 54.4 Å². The lowest BCUT2D eigenvalue weighted by Crippen LogP contribution is -2.55. The highest BCUT2D eigenvalue weighted by molar-refractivity contribution is 7.92. The van der Waals surface area contributed by atoms with Gasteiger partial charge in [-0.1, -0.05) is 97.1 Å². The lowest BCUT2D eigenvalue weighted by atomic mass is 9.94. The summed E-state index contributed by atoms with van der Waals surface area (Å²) in [7, 11) is -4.18. The molecule has 0 aromatic heterocycles. The zero-order chi connectivity index (χ0) is 33.4. The molecule has 47 heavy (non-hydrogen) atoms. The van der Waals surface area contributed by atoms with Crippen LogP contribution in [0.5, 0.6) is 0 Å². The van der Waals surface area contributed by atoms with Crippen LogP contribution in [0, 0.1) is 19.7 Å². The van der Waals surface area contributed by atoms with Crippen molar-refractivity contribution in [1.82, 2.24) is 10.2 Å². The van der Waals surface area contributed by atoms with Crippen molar-refractivity contribution in [3.8, 4) is 0 Å². The Labute approximate surface area is 277 Å². The number of nitrogens with one attached hydrogen (secondary N) is 1. The molecule has 1 aliphatic carbocycles. The van der Waals surface area contributed by atoms with Crippen LogP contribution >= 0.6 is 0 Å². The second-order valence-electron chi connectivity index (χ2n) is 12.4. The zero-order valence-electron chi connectivity index (χ0n) is 26.9. The highest BCUT2D eigenvalue weighted by Crippen LogP contribution is 2.26. The molecule has 7 nitrogen and oxygen atoms in total. The van der Waals surface area contributed by atoms with E-state index in [1.165, 1.54) is 29.2 Å². The number of aryl methyl sites for hydroxylation is 2. The molecule has 0 saturated heterocycles. The molecule has 1 atom stereocenters. The van der Waals surface area contributed by atoms with E-state index in [1.54, 1.807) is 48.5 Å². The number of carbonyl (C=O) groups is 2. The van der Waals surface area contributed by atoms with Gasteiger partial charge < -0.3 is 10.2 Å². The van der Waals surface area contributed by atoms with Gasteiger partial charge in [-0.15, -0.1) is 0 Å². The van der Waals surface area contributed by atoms with Gasteiger partial charge in [-0.3, -0.25) is 13.9 Å². The molecule has 1 fully saturated rings. The van der Waals surface area contributed by atoms with Gasteiger partial charge in [0.1, 0.15) is 18.4 Å². The minimum absolute atomic E-state index is 0.00303. The molecule has 0 heterocycles. The maximum Gasteiger partial charge on any atom is 0.264 e. The summed E-state index contributed by atoms with van der Waals surface area (Å²) in [5.41, 5.74) is 3.65. The smallest absolute Gasteiger partial charge is 0.264 e. The summed E-state index contributed by atoms with van der Waals surface area (Å²) < 4.78 is 43.4. The van der Waals surface area contributed by atoms with Gasteiger partial charge in [-0.25, -0.2) is 12.8 Å². The summed E-state index contributed by atoms with van der Waals surface area (Å²) in [4.78, 5) is 30.2. The van der Waals surface area contributed by atoms with Crippen LogP contribution < -0.4 is 9.62 Å². The number of amides is 2. The number of hydrogen-bond acceptors (Lipinski definition) is 4. The van der Waals surface area contributed by atoms with Gasteiger partial charge in [0.25, 0.3) is 10.0 Å². The van der Waals surface area contributed by atoms with Crippen molar-refractivity contribution in [2.24, 2.45) is 0 Å². The van der Waals surface area contributed by atoms with E-state index in [9.17, 15) is 22.4 Å². The van der Waals surface area contributed by atoms with Crippen LogP contribution in [0.2, 0.25) is 0 Å². The van der Waals surface area contributed by atoms with Gasteiger partial charge in [-0.05, 0) is 74.2 Å².